The lowest BCUT2D eigenvalue weighted by atomic mass is 10.1. The van der Waals surface area contributed by atoms with Crippen LogP contribution in [0, 0.1) is 0 Å². The minimum atomic E-state index is 0.903. The van der Waals surface area contributed by atoms with Crippen molar-refractivity contribution in [3.8, 4) is 0 Å². The van der Waals surface area contributed by atoms with Gasteiger partial charge in [0.15, 0.2) is 0 Å². The number of hydrogen-bond acceptors (Lipinski definition) is 2. The van der Waals surface area contributed by atoms with E-state index in [9.17, 15) is 0 Å². The number of fused-ring (bicyclic) bond motifs is 2. The topological polar surface area (TPSA) is 29.3 Å². The monoisotopic (exact) mass is 260 g/mol. The Morgan fingerprint density at radius 1 is 0.800 bits per heavy atom. The summed E-state index contributed by atoms with van der Waals surface area (Å²) in [6.45, 7) is 1.85. The van der Waals surface area contributed by atoms with Crippen LogP contribution >= 0.6 is 0 Å². The van der Waals surface area contributed by atoms with Gasteiger partial charge < -0.3 is 10.6 Å². The summed E-state index contributed by atoms with van der Waals surface area (Å²) in [5, 5.41) is 2.57. The van der Waals surface area contributed by atoms with E-state index in [1.165, 1.54) is 27.6 Å². The molecule has 3 aromatic rings. The molecule has 0 atom stereocenters. The molecule has 0 amide bonds. The molecule has 0 saturated carbocycles. The molecule has 1 aliphatic rings. The van der Waals surface area contributed by atoms with E-state index in [1.54, 1.807) is 0 Å². The zero-order valence-corrected chi connectivity index (χ0v) is 11.2. The Labute approximate surface area is 118 Å². The first-order chi connectivity index (χ1) is 9.81. The Hall–Kier alpha value is -2.48. The second kappa shape index (κ2) is 4.27. The van der Waals surface area contributed by atoms with Crippen LogP contribution in [0.2, 0.25) is 0 Å². The lowest BCUT2D eigenvalue weighted by Gasteiger charge is -2.18. The quantitative estimate of drug-likeness (QED) is 0.671. The van der Waals surface area contributed by atoms with Crippen LogP contribution in [-0.2, 0) is 13.1 Å². The Bertz CT molecular complexity index is 792. The van der Waals surface area contributed by atoms with Gasteiger partial charge in [-0.3, -0.25) is 0 Å². The first-order valence-corrected chi connectivity index (χ1v) is 6.91. The smallest absolute Gasteiger partial charge is 0.0457 e. The summed E-state index contributed by atoms with van der Waals surface area (Å²) >= 11 is 0. The highest BCUT2D eigenvalue weighted by Gasteiger charge is 2.20. The molecule has 4 rings (SSSR count). The van der Waals surface area contributed by atoms with E-state index in [0.29, 0.717) is 0 Å². The van der Waals surface area contributed by atoms with Gasteiger partial charge in [-0.1, -0.05) is 42.5 Å². The molecule has 98 valence electrons. The molecule has 0 spiro atoms. The zero-order valence-electron chi connectivity index (χ0n) is 11.2. The average molecular weight is 260 g/mol. The molecular formula is C18H16N2. The summed E-state index contributed by atoms with van der Waals surface area (Å²) in [6, 6.07) is 21.3. The Kier molecular flexibility index (Phi) is 2.43. The number of rotatable bonds is 1. The summed E-state index contributed by atoms with van der Waals surface area (Å²) < 4.78 is 0. The summed E-state index contributed by atoms with van der Waals surface area (Å²) in [5.74, 6) is 0. The normalized spacial score (nSPS) is 13.7. The van der Waals surface area contributed by atoms with E-state index < -0.39 is 0 Å². The number of nitrogen functional groups attached to an aromatic ring is 1. The van der Waals surface area contributed by atoms with Crippen LogP contribution in [0.4, 0.5) is 11.4 Å². The summed E-state index contributed by atoms with van der Waals surface area (Å²) in [7, 11) is 0. The van der Waals surface area contributed by atoms with Gasteiger partial charge in [0.1, 0.15) is 0 Å². The van der Waals surface area contributed by atoms with Crippen LogP contribution in [0.5, 0.6) is 0 Å². The molecule has 2 nitrogen and oxygen atoms in total. The van der Waals surface area contributed by atoms with Gasteiger partial charge >= 0.3 is 0 Å². The second-order valence-corrected chi connectivity index (χ2v) is 5.37. The van der Waals surface area contributed by atoms with Gasteiger partial charge in [-0.15, -0.1) is 0 Å². The second-order valence-electron chi connectivity index (χ2n) is 5.37. The molecule has 20 heavy (non-hydrogen) atoms. The Morgan fingerprint density at radius 3 is 2.50 bits per heavy atom. The van der Waals surface area contributed by atoms with Crippen molar-refractivity contribution in [2.45, 2.75) is 13.1 Å². The summed E-state index contributed by atoms with van der Waals surface area (Å²) in [6.07, 6.45) is 0. The van der Waals surface area contributed by atoms with Crippen molar-refractivity contribution in [1.82, 2.24) is 0 Å². The van der Waals surface area contributed by atoms with E-state index in [4.69, 9.17) is 5.73 Å². The summed E-state index contributed by atoms with van der Waals surface area (Å²) in [5.41, 5.74) is 10.9. The molecule has 2 heteroatoms. The number of nitrogens with zero attached hydrogens (tertiary/aromatic N) is 1. The maximum atomic E-state index is 6.08. The molecule has 3 aromatic carbocycles. The third-order valence-electron chi connectivity index (χ3n) is 4.12. The number of hydrogen-bond donors (Lipinski definition) is 1. The SMILES string of the molecule is Nc1cccc2c1CN(c1ccc3ccccc3c1)C2. The molecule has 0 aromatic heterocycles. The van der Waals surface area contributed by atoms with E-state index in [2.05, 4.69) is 53.4 Å². The largest absolute Gasteiger partial charge is 0.398 e. The molecule has 0 saturated heterocycles. The molecule has 0 unspecified atom stereocenters. The molecule has 0 bridgehead atoms. The number of benzene rings is 3. The Morgan fingerprint density at radius 2 is 1.65 bits per heavy atom. The number of anilines is 2. The van der Waals surface area contributed by atoms with E-state index >= 15 is 0 Å². The third-order valence-corrected chi connectivity index (χ3v) is 4.12. The number of nitrogens with two attached hydrogens (primary N) is 1. The van der Waals surface area contributed by atoms with Crippen molar-refractivity contribution in [2.24, 2.45) is 0 Å². The highest BCUT2D eigenvalue weighted by molar-refractivity contribution is 5.86. The zero-order chi connectivity index (χ0) is 13.5. The Balaban J connectivity index is 1.73. The first kappa shape index (κ1) is 11.4. The molecular weight excluding hydrogens is 244 g/mol. The maximum absolute atomic E-state index is 6.08. The first-order valence-electron chi connectivity index (χ1n) is 6.91. The van der Waals surface area contributed by atoms with Gasteiger partial charge in [0.05, 0.1) is 0 Å². The van der Waals surface area contributed by atoms with Crippen LogP contribution in [0.25, 0.3) is 10.8 Å². The predicted molar refractivity (Wildman–Crippen MR) is 84.7 cm³/mol. The predicted octanol–water partition coefficient (Wildman–Crippen LogP) is 3.94. The standard InChI is InChI=1S/C18H16N2/c19-18-7-3-6-15-11-20(12-17(15)18)16-9-8-13-4-1-2-5-14(13)10-16/h1-10H,11-12,19H2. The van der Waals surface area contributed by atoms with E-state index in [1.807, 2.05) is 12.1 Å². The van der Waals surface area contributed by atoms with Gasteiger partial charge in [0, 0.05) is 24.5 Å². The molecule has 1 aliphatic heterocycles. The average Bonchev–Trinajstić information content (AvgIpc) is 2.92. The molecule has 1 heterocycles. The minimum Gasteiger partial charge on any atom is -0.398 e. The molecule has 0 radical (unpaired) electrons. The lowest BCUT2D eigenvalue weighted by Crippen LogP contribution is -2.14. The molecule has 0 aliphatic carbocycles. The lowest BCUT2D eigenvalue weighted by molar-refractivity contribution is 0.882. The highest BCUT2D eigenvalue weighted by atomic mass is 15.1. The minimum absolute atomic E-state index is 0.903. The van der Waals surface area contributed by atoms with E-state index in [-0.39, 0.29) is 0 Å². The fourth-order valence-electron chi connectivity index (χ4n) is 3.00. The van der Waals surface area contributed by atoms with Crippen molar-refractivity contribution in [3.63, 3.8) is 0 Å². The van der Waals surface area contributed by atoms with Crippen LogP contribution in [0.3, 0.4) is 0 Å². The molecule has 0 fully saturated rings. The van der Waals surface area contributed by atoms with Crippen LogP contribution in [0.15, 0.2) is 60.7 Å². The van der Waals surface area contributed by atoms with Gasteiger partial charge in [0.25, 0.3) is 0 Å². The molecule has 2 N–H and O–H groups in total. The van der Waals surface area contributed by atoms with Gasteiger partial charge in [-0.25, -0.2) is 0 Å². The van der Waals surface area contributed by atoms with E-state index in [0.717, 1.165) is 18.8 Å². The third kappa shape index (κ3) is 1.73. The van der Waals surface area contributed by atoms with Crippen molar-refractivity contribution >= 4 is 22.1 Å². The van der Waals surface area contributed by atoms with Crippen LogP contribution < -0.4 is 10.6 Å². The van der Waals surface area contributed by atoms with Crippen molar-refractivity contribution < 1.29 is 0 Å². The van der Waals surface area contributed by atoms with Crippen molar-refractivity contribution in [1.29, 1.82) is 0 Å². The van der Waals surface area contributed by atoms with Gasteiger partial charge in [-0.05, 0) is 40.1 Å². The maximum Gasteiger partial charge on any atom is 0.0457 e. The fourth-order valence-corrected chi connectivity index (χ4v) is 3.00. The van der Waals surface area contributed by atoms with Crippen LogP contribution in [0.1, 0.15) is 11.1 Å². The fraction of sp³-hybridized carbons (Fsp3) is 0.111. The summed E-state index contributed by atoms with van der Waals surface area (Å²) in [4.78, 5) is 2.38. The van der Waals surface area contributed by atoms with Crippen molar-refractivity contribution in [3.05, 3.63) is 71.8 Å². The van der Waals surface area contributed by atoms with Crippen molar-refractivity contribution in [2.75, 3.05) is 10.6 Å². The highest BCUT2D eigenvalue weighted by Crippen LogP contribution is 2.32. The van der Waals surface area contributed by atoms with Crippen LogP contribution in [-0.4, -0.2) is 0 Å². The van der Waals surface area contributed by atoms with Gasteiger partial charge in [0.2, 0.25) is 0 Å². The van der Waals surface area contributed by atoms with Gasteiger partial charge in [-0.2, -0.15) is 0 Å².